The summed E-state index contributed by atoms with van der Waals surface area (Å²) in [5, 5.41) is 6.70. The first-order chi connectivity index (χ1) is 12.2. The summed E-state index contributed by atoms with van der Waals surface area (Å²) in [4.78, 5) is 8.97. The van der Waals surface area contributed by atoms with Crippen LogP contribution in [-0.2, 0) is 6.42 Å². The Morgan fingerprint density at radius 3 is 2.16 bits per heavy atom. The topological polar surface area (TPSA) is 59.1 Å². The van der Waals surface area contributed by atoms with Gasteiger partial charge in [-0.05, 0) is 37.1 Å². The van der Waals surface area contributed by atoms with Crippen molar-refractivity contribution in [1.29, 1.82) is 0 Å². The third-order valence-electron chi connectivity index (χ3n) is 3.87. The van der Waals surface area contributed by atoms with E-state index in [1.807, 2.05) is 49.4 Å². The Morgan fingerprint density at radius 1 is 0.880 bits per heavy atom. The molecule has 2 N–H and O–H groups in total. The van der Waals surface area contributed by atoms with Gasteiger partial charge in [0.05, 0.1) is 12.8 Å². The van der Waals surface area contributed by atoms with Crippen molar-refractivity contribution in [2.24, 2.45) is 0 Å². The maximum atomic E-state index is 5.38. The fourth-order valence-corrected chi connectivity index (χ4v) is 2.67. The van der Waals surface area contributed by atoms with E-state index in [0.29, 0.717) is 11.6 Å². The van der Waals surface area contributed by atoms with Crippen LogP contribution >= 0.6 is 0 Å². The number of para-hydroxylation sites is 3. The van der Waals surface area contributed by atoms with Gasteiger partial charge in [-0.3, -0.25) is 0 Å². The van der Waals surface area contributed by atoms with Gasteiger partial charge in [0.2, 0.25) is 0 Å². The summed E-state index contributed by atoms with van der Waals surface area (Å²) in [6.45, 7) is 4.02. The number of rotatable bonds is 6. The lowest BCUT2D eigenvalue weighted by atomic mass is 10.1. The summed E-state index contributed by atoms with van der Waals surface area (Å²) in [6, 6.07) is 17.9. The molecule has 0 bridgehead atoms. The fourth-order valence-electron chi connectivity index (χ4n) is 2.67. The van der Waals surface area contributed by atoms with Crippen LogP contribution in [-0.4, -0.2) is 17.1 Å². The first-order valence-electron chi connectivity index (χ1n) is 8.30. The molecule has 0 aliphatic heterocycles. The van der Waals surface area contributed by atoms with Crippen molar-refractivity contribution in [3.63, 3.8) is 0 Å². The normalized spacial score (nSPS) is 10.4. The molecule has 0 saturated heterocycles. The molecule has 0 aliphatic carbocycles. The molecule has 1 aromatic heterocycles. The van der Waals surface area contributed by atoms with Gasteiger partial charge in [-0.2, -0.15) is 0 Å². The van der Waals surface area contributed by atoms with Gasteiger partial charge in [0, 0.05) is 11.8 Å². The summed E-state index contributed by atoms with van der Waals surface area (Å²) in [5.74, 6) is 2.93. The van der Waals surface area contributed by atoms with Crippen LogP contribution in [0.25, 0.3) is 0 Å². The van der Waals surface area contributed by atoms with Crippen LogP contribution in [0.3, 0.4) is 0 Å². The number of aromatic nitrogens is 2. The number of aryl methyl sites for hydroxylation is 2. The standard InChI is InChI=1S/C20H22N4O/c1-4-15-9-5-6-10-16(15)23-19-13-20(22-14(2)21-19)24-17-11-7-8-12-18(17)25-3/h5-13H,4H2,1-3H3,(H2,21,22,23,24). The molecular weight excluding hydrogens is 312 g/mol. The minimum absolute atomic E-state index is 0.691. The minimum atomic E-state index is 0.691. The number of nitrogens with zero attached hydrogens (tertiary/aromatic N) is 2. The summed E-state index contributed by atoms with van der Waals surface area (Å²) in [5.41, 5.74) is 3.17. The molecule has 0 aliphatic rings. The van der Waals surface area contributed by atoms with Crippen LogP contribution in [0.5, 0.6) is 5.75 Å². The Balaban J connectivity index is 1.88. The molecule has 25 heavy (non-hydrogen) atoms. The molecule has 3 rings (SSSR count). The third-order valence-corrected chi connectivity index (χ3v) is 3.87. The van der Waals surface area contributed by atoms with Crippen molar-refractivity contribution in [3.05, 3.63) is 66.0 Å². The smallest absolute Gasteiger partial charge is 0.142 e. The van der Waals surface area contributed by atoms with Gasteiger partial charge in [0.15, 0.2) is 0 Å². The highest BCUT2D eigenvalue weighted by atomic mass is 16.5. The van der Waals surface area contributed by atoms with E-state index in [1.165, 1.54) is 5.56 Å². The van der Waals surface area contributed by atoms with Crippen molar-refractivity contribution >= 4 is 23.0 Å². The van der Waals surface area contributed by atoms with Gasteiger partial charge in [0.1, 0.15) is 23.2 Å². The largest absolute Gasteiger partial charge is 0.495 e. The van der Waals surface area contributed by atoms with E-state index in [2.05, 4.69) is 39.7 Å². The second-order valence-electron chi connectivity index (χ2n) is 5.65. The molecule has 3 aromatic rings. The molecule has 0 fully saturated rings. The lowest BCUT2D eigenvalue weighted by molar-refractivity contribution is 0.417. The molecule has 0 spiro atoms. The van der Waals surface area contributed by atoms with Crippen molar-refractivity contribution in [3.8, 4) is 5.75 Å². The zero-order valence-corrected chi connectivity index (χ0v) is 14.7. The van der Waals surface area contributed by atoms with Crippen LogP contribution < -0.4 is 15.4 Å². The predicted octanol–water partition coefficient (Wildman–Crippen LogP) is 4.84. The second-order valence-corrected chi connectivity index (χ2v) is 5.65. The van der Waals surface area contributed by atoms with Crippen LogP contribution in [0.4, 0.5) is 23.0 Å². The van der Waals surface area contributed by atoms with E-state index < -0.39 is 0 Å². The fraction of sp³-hybridized carbons (Fsp3) is 0.200. The van der Waals surface area contributed by atoms with Crippen LogP contribution in [0, 0.1) is 6.92 Å². The highest BCUT2D eigenvalue weighted by molar-refractivity contribution is 5.68. The minimum Gasteiger partial charge on any atom is -0.495 e. The van der Waals surface area contributed by atoms with Crippen molar-refractivity contribution in [2.45, 2.75) is 20.3 Å². The third kappa shape index (κ3) is 4.07. The van der Waals surface area contributed by atoms with Gasteiger partial charge in [-0.25, -0.2) is 9.97 Å². The zero-order chi connectivity index (χ0) is 17.6. The number of anilines is 4. The average Bonchev–Trinajstić information content (AvgIpc) is 2.62. The van der Waals surface area contributed by atoms with E-state index in [-0.39, 0.29) is 0 Å². The Morgan fingerprint density at radius 2 is 1.48 bits per heavy atom. The lowest BCUT2D eigenvalue weighted by Crippen LogP contribution is -2.03. The van der Waals surface area contributed by atoms with Gasteiger partial charge < -0.3 is 15.4 Å². The van der Waals surface area contributed by atoms with E-state index in [0.717, 1.165) is 29.4 Å². The number of ether oxygens (including phenoxy) is 1. The van der Waals surface area contributed by atoms with Gasteiger partial charge in [-0.15, -0.1) is 0 Å². The number of nitrogens with one attached hydrogen (secondary N) is 2. The molecule has 0 saturated carbocycles. The van der Waals surface area contributed by atoms with E-state index in [9.17, 15) is 0 Å². The second kappa shape index (κ2) is 7.66. The molecule has 5 heteroatoms. The summed E-state index contributed by atoms with van der Waals surface area (Å²) in [6.07, 6.45) is 0.958. The van der Waals surface area contributed by atoms with Crippen molar-refractivity contribution in [2.75, 3.05) is 17.7 Å². The van der Waals surface area contributed by atoms with Crippen molar-refractivity contribution < 1.29 is 4.74 Å². The predicted molar refractivity (Wildman–Crippen MR) is 102 cm³/mol. The molecule has 1 heterocycles. The molecule has 2 aromatic carbocycles. The SMILES string of the molecule is CCc1ccccc1Nc1cc(Nc2ccccc2OC)nc(C)n1. The average molecular weight is 334 g/mol. The Labute approximate surface area is 148 Å². The summed E-state index contributed by atoms with van der Waals surface area (Å²) in [7, 11) is 1.65. The van der Waals surface area contributed by atoms with Gasteiger partial charge in [-0.1, -0.05) is 37.3 Å². The van der Waals surface area contributed by atoms with Crippen molar-refractivity contribution in [1.82, 2.24) is 9.97 Å². The molecular formula is C20H22N4O. The number of benzene rings is 2. The van der Waals surface area contributed by atoms with Gasteiger partial charge >= 0.3 is 0 Å². The number of methoxy groups -OCH3 is 1. The van der Waals surface area contributed by atoms with E-state index in [1.54, 1.807) is 7.11 Å². The molecule has 0 radical (unpaired) electrons. The Bertz CT molecular complexity index is 796. The first kappa shape index (κ1) is 16.8. The van der Waals surface area contributed by atoms with E-state index >= 15 is 0 Å². The monoisotopic (exact) mass is 334 g/mol. The quantitative estimate of drug-likeness (QED) is 0.675. The maximum absolute atomic E-state index is 5.38. The van der Waals surface area contributed by atoms with Crippen LogP contribution in [0.15, 0.2) is 54.6 Å². The molecule has 128 valence electrons. The number of hydrogen-bond acceptors (Lipinski definition) is 5. The lowest BCUT2D eigenvalue weighted by Gasteiger charge is -2.14. The molecule has 0 amide bonds. The number of hydrogen-bond donors (Lipinski definition) is 2. The molecule has 5 nitrogen and oxygen atoms in total. The first-order valence-corrected chi connectivity index (χ1v) is 8.30. The summed E-state index contributed by atoms with van der Waals surface area (Å²) >= 11 is 0. The van der Waals surface area contributed by atoms with Gasteiger partial charge in [0.25, 0.3) is 0 Å². The summed E-state index contributed by atoms with van der Waals surface area (Å²) < 4.78 is 5.38. The highest BCUT2D eigenvalue weighted by Gasteiger charge is 2.07. The van der Waals surface area contributed by atoms with E-state index in [4.69, 9.17) is 4.74 Å². The Kier molecular flexibility index (Phi) is 5.14. The molecule has 0 unspecified atom stereocenters. The Hall–Kier alpha value is -3.08. The zero-order valence-electron chi connectivity index (χ0n) is 14.7. The molecule has 0 atom stereocenters. The van der Waals surface area contributed by atoms with Crippen LogP contribution in [0.2, 0.25) is 0 Å². The highest BCUT2D eigenvalue weighted by Crippen LogP contribution is 2.28. The maximum Gasteiger partial charge on any atom is 0.142 e. The van der Waals surface area contributed by atoms with Crippen LogP contribution in [0.1, 0.15) is 18.3 Å².